The lowest BCUT2D eigenvalue weighted by Gasteiger charge is -2.45. The van der Waals surface area contributed by atoms with Gasteiger partial charge in [0.1, 0.15) is 6.10 Å². The number of phosphoric ester groups is 1. The number of carbonyl (C=O) groups is 1. The van der Waals surface area contributed by atoms with Crippen molar-refractivity contribution >= 4 is 13.8 Å². The van der Waals surface area contributed by atoms with E-state index >= 15 is 0 Å². The van der Waals surface area contributed by atoms with Crippen LogP contribution >= 0.6 is 7.82 Å². The molecule has 2 bridgehead atoms. The Kier molecular flexibility index (Phi) is 17.5. The highest BCUT2D eigenvalue weighted by atomic mass is 31.2. The van der Waals surface area contributed by atoms with Crippen LogP contribution in [0.3, 0.4) is 0 Å². The summed E-state index contributed by atoms with van der Waals surface area (Å²) in [7, 11) is -0.0747. The molecule has 2 rings (SSSR count). The van der Waals surface area contributed by atoms with Gasteiger partial charge >= 0.3 is 5.97 Å². The minimum Gasteiger partial charge on any atom is -0.756 e. The zero-order chi connectivity index (χ0) is 29.3. The molecule has 0 amide bonds. The molecule has 2 fully saturated rings. The first-order valence-corrected chi connectivity index (χ1v) is 17.9. The Morgan fingerprint density at radius 2 is 1.32 bits per heavy atom. The lowest BCUT2D eigenvalue weighted by molar-refractivity contribution is -0.931. The number of hydrogen-bond acceptors (Lipinski definition) is 7. The van der Waals surface area contributed by atoms with Crippen LogP contribution in [0.4, 0.5) is 0 Å². The molecule has 0 N–H and O–H groups in total. The molecular weight excluding hydrogens is 529 g/mol. The van der Waals surface area contributed by atoms with Gasteiger partial charge in [-0.15, -0.1) is 0 Å². The first kappa shape index (κ1) is 35.7. The van der Waals surface area contributed by atoms with Crippen LogP contribution in [0.5, 0.6) is 0 Å². The second-order valence-corrected chi connectivity index (χ2v) is 14.0. The number of unbranched alkanes of at least 4 members (excludes halogenated alkanes) is 13. The number of esters is 1. The van der Waals surface area contributed by atoms with E-state index < -0.39 is 19.9 Å². The van der Waals surface area contributed by atoms with Gasteiger partial charge in [-0.2, -0.15) is 0 Å². The topological polar surface area (TPSA) is 94.1 Å². The van der Waals surface area contributed by atoms with Crippen molar-refractivity contribution in [1.29, 1.82) is 0 Å². The normalized spacial score (nSPS) is 24.1. The van der Waals surface area contributed by atoms with Gasteiger partial charge in [-0.05, 0) is 6.42 Å². The number of rotatable bonds is 24. The van der Waals surface area contributed by atoms with Crippen molar-refractivity contribution in [3.63, 3.8) is 0 Å². The summed E-state index contributed by atoms with van der Waals surface area (Å²) < 4.78 is 35.3. The Hall–Kier alpha value is -0.500. The number of piperidine rings is 1. The van der Waals surface area contributed by atoms with E-state index in [0.717, 1.165) is 43.0 Å². The zero-order valence-corrected chi connectivity index (χ0v) is 27.0. The minimum absolute atomic E-state index is 0.115. The number of quaternary nitrogens is 1. The van der Waals surface area contributed by atoms with Gasteiger partial charge in [-0.25, -0.2) is 0 Å². The molecule has 8 nitrogen and oxygen atoms in total. The fourth-order valence-electron chi connectivity index (χ4n) is 6.30. The first-order valence-electron chi connectivity index (χ1n) is 16.4. The lowest BCUT2D eigenvalue weighted by atomic mass is 9.98. The Bertz CT molecular complexity index is 718. The number of nitrogens with zero attached hydrogens (tertiary/aromatic N) is 1. The van der Waals surface area contributed by atoms with Gasteiger partial charge in [0.05, 0.1) is 45.5 Å². The average Bonchev–Trinajstić information content (AvgIpc) is 3.06. The number of fused-ring (bicyclic) bond motifs is 2. The molecule has 4 atom stereocenters. The Labute approximate surface area is 245 Å². The van der Waals surface area contributed by atoms with Gasteiger partial charge in [-0.1, -0.05) is 97.3 Å². The average molecular weight is 590 g/mol. The summed E-state index contributed by atoms with van der Waals surface area (Å²) in [5.74, 6) is -0.404. The van der Waals surface area contributed by atoms with Gasteiger partial charge in [0.2, 0.25) is 0 Å². The van der Waals surface area contributed by atoms with Gasteiger partial charge in [0, 0.05) is 38.7 Å². The molecule has 40 heavy (non-hydrogen) atoms. The molecule has 2 aliphatic heterocycles. The molecule has 236 valence electrons. The second-order valence-electron chi connectivity index (χ2n) is 12.6. The van der Waals surface area contributed by atoms with Crippen molar-refractivity contribution in [2.24, 2.45) is 0 Å². The highest BCUT2D eigenvalue weighted by molar-refractivity contribution is 7.45. The highest BCUT2D eigenvalue weighted by Crippen LogP contribution is 2.47. The quantitative estimate of drug-likeness (QED) is 0.0514. The van der Waals surface area contributed by atoms with Crippen LogP contribution in [0.1, 0.15) is 136 Å². The van der Waals surface area contributed by atoms with Gasteiger partial charge < -0.3 is 27.9 Å². The Morgan fingerprint density at radius 3 is 1.82 bits per heavy atom. The molecule has 2 saturated heterocycles. The van der Waals surface area contributed by atoms with Crippen LogP contribution in [0, 0.1) is 0 Å². The van der Waals surface area contributed by atoms with E-state index in [4.69, 9.17) is 18.5 Å². The summed E-state index contributed by atoms with van der Waals surface area (Å²) in [6.45, 7) is 4.35. The van der Waals surface area contributed by atoms with Crippen molar-refractivity contribution in [3.8, 4) is 0 Å². The van der Waals surface area contributed by atoms with Crippen LogP contribution in [-0.4, -0.2) is 68.7 Å². The Morgan fingerprint density at radius 1 is 0.825 bits per heavy atom. The maximum absolute atomic E-state index is 12.6. The third kappa shape index (κ3) is 14.1. The largest absolute Gasteiger partial charge is 0.756 e. The molecule has 2 aliphatic rings. The summed E-state index contributed by atoms with van der Waals surface area (Å²) in [6, 6.07) is 0.843. The van der Waals surface area contributed by atoms with Crippen molar-refractivity contribution in [2.75, 3.05) is 33.9 Å². The molecule has 0 aromatic carbocycles. The molecule has 9 heteroatoms. The molecule has 2 heterocycles. The summed E-state index contributed by atoms with van der Waals surface area (Å²) in [6.07, 6.45) is 20.9. The van der Waals surface area contributed by atoms with Gasteiger partial charge in [0.25, 0.3) is 7.82 Å². The summed E-state index contributed by atoms with van der Waals surface area (Å²) in [5, 5.41) is 0. The molecule has 0 aromatic rings. The van der Waals surface area contributed by atoms with Gasteiger partial charge in [-0.3, -0.25) is 9.36 Å². The summed E-state index contributed by atoms with van der Waals surface area (Å²) in [5.41, 5.74) is 0. The molecule has 0 spiro atoms. The molecular formula is C31H60NO7P. The molecule has 0 radical (unpaired) electrons. The van der Waals surface area contributed by atoms with Crippen LogP contribution in [0.25, 0.3) is 0 Å². The zero-order valence-electron chi connectivity index (χ0n) is 26.1. The number of hydrogen-bond donors (Lipinski definition) is 0. The first-order chi connectivity index (χ1) is 19.2. The third-order valence-corrected chi connectivity index (χ3v) is 10.0. The van der Waals surface area contributed by atoms with Crippen molar-refractivity contribution in [2.45, 2.75) is 160 Å². The SMILES string of the molecule is CCCCCCCCCCCCCCCCOCC(COP(=O)([O-])OC1CC2CCC(C1)[N+]2(C)C)OC(=O)CC. The van der Waals surface area contributed by atoms with Crippen LogP contribution < -0.4 is 4.89 Å². The number of carbonyl (C=O) groups excluding carboxylic acids is 1. The van der Waals surface area contributed by atoms with Crippen LogP contribution in [0.15, 0.2) is 0 Å². The molecule has 4 unspecified atom stereocenters. The van der Waals surface area contributed by atoms with Crippen molar-refractivity contribution < 1.29 is 37.3 Å². The molecule has 0 aliphatic carbocycles. The predicted octanol–water partition coefficient (Wildman–Crippen LogP) is 7.08. The third-order valence-electron chi connectivity index (χ3n) is 9.01. The molecule has 0 saturated carbocycles. The molecule has 0 aromatic heterocycles. The van der Waals surface area contributed by atoms with Crippen molar-refractivity contribution in [3.05, 3.63) is 0 Å². The minimum atomic E-state index is -4.51. The van der Waals surface area contributed by atoms with E-state index in [0.29, 0.717) is 18.7 Å². The smallest absolute Gasteiger partial charge is 0.305 e. The van der Waals surface area contributed by atoms with E-state index in [1.54, 1.807) is 6.92 Å². The van der Waals surface area contributed by atoms with E-state index in [1.165, 1.54) is 77.0 Å². The Balaban J connectivity index is 1.54. The maximum Gasteiger partial charge on any atom is 0.305 e. The van der Waals surface area contributed by atoms with Crippen LogP contribution in [-0.2, 0) is 27.9 Å². The monoisotopic (exact) mass is 589 g/mol. The predicted molar refractivity (Wildman–Crippen MR) is 158 cm³/mol. The van der Waals surface area contributed by atoms with E-state index in [1.807, 2.05) is 0 Å². The van der Waals surface area contributed by atoms with Crippen molar-refractivity contribution in [1.82, 2.24) is 0 Å². The standard InChI is InChI=1S/C31H60NO7P/c1-5-7-8-9-10-11-12-13-14-15-16-17-18-19-22-36-25-30(38-31(33)6-2)26-37-40(34,35)39-29-23-27-20-21-28(24-29)32(27,3)4/h27-30H,5-26H2,1-4H3. The van der Waals surface area contributed by atoms with Crippen LogP contribution in [0.2, 0.25) is 0 Å². The second kappa shape index (κ2) is 19.6. The lowest BCUT2D eigenvalue weighted by Crippen LogP contribution is -2.56. The van der Waals surface area contributed by atoms with E-state index in [9.17, 15) is 14.3 Å². The van der Waals surface area contributed by atoms with Gasteiger partial charge in [0.15, 0.2) is 0 Å². The van der Waals surface area contributed by atoms with E-state index in [-0.39, 0.29) is 25.7 Å². The number of ether oxygens (including phenoxy) is 2. The van der Waals surface area contributed by atoms with E-state index in [2.05, 4.69) is 21.0 Å². The maximum atomic E-state index is 12.6. The number of phosphoric acid groups is 1. The highest BCUT2D eigenvalue weighted by Gasteiger charge is 2.49. The fraction of sp³-hybridized carbons (Fsp3) is 0.968. The summed E-state index contributed by atoms with van der Waals surface area (Å²) in [4.78, 5) is 24.4. The summed E-state index contributed by atoms with van der Waals surface area (Å²) >= 11 is 0. The fourth-order valence-corrected chi connectivity index (χ4v) is 7.25.